The Bertz CT molecular complexity index is 1030. The molecule has 0 aliphatic carbocycles. The van der Waals surface area contributed by atoms with Crippen molar-refractivity contribution in [2.75, 3.05) is 0 Å². The third kappa shape index (κ3) is 2.50. The molecule has 0 saturated heterocycles. The number of benzene rings is 1. The molecule has 0 radical (unpaired) electrons. The molecule has 7 heteroatoms. The molecular weight excluding hydrogens is 304 g/mol. The van der Waals surface area contributed by atoms with Gasteiger partial charge < -0.3 is 9.55 Å². The van der Waals surface area contributed by atoms with Crippen LogP contribution in [0.3, 0.4) is 0 Å². The average Bonchev–Trinajstić information content (AvgIpc) is 3.25. The SMILES string of the molecule is CC(Cn1cncn1)n1ccnc1-c1cc2ccccc2[nH]c1=O. The Balaban J connectivity index is 1.77. The maximum Gasteiger partial charge on any atom is 0.259 e. The summed E-state index contributed by atoms with van der Waals surface area (Å²) in [4.78, 5) is 23.8. The minimum absolute atomic E-state index is 0.0788. The summed E-state index contributed by atoms with van der Waals surface area (Å²) < 4.78 is 3.75. The van der Waals surface area contributed by atoms with Crippen LogP contribution in [-0.4, -0.2) is 29.3 Å². The Morgan fingerprint density at radius 3 is 3.00 bits per heavy atom. The number of imidazole rings is 1. The molecule has 0 fully saturated rings. The molecule has 0 aliphatic heterocycles. The lowest BCUT2D eigenvalue weighted by atomic mass is 10.1. The second-order valence-electron chi connectivity index (χ2n) is 5.72. The minimum atomic E-state index is -0.144. The van der Waals surface area contributed by atoms with Crippen LogP contribution >= 0.6 is 0 Å². The monoisotopic (exact) mass is 320 g/mol. The standard InChI is InChI=1S/C17H16N6O/c1-12(9-22-11-18-10-20-22)23-7-6-19-16(23)14-8-13-4-2-3-5-15(13)21-17(14)24/h2-8,10-12H,9H2,1H3,(H,21,24). The molecule has 0 aliphatic rings. The molecule has 3 heterocycles. The van der Waals surface area contributed by atoms with E-state index in [1.54, 1.807) is 17.2 Å². The number of hydrogen-bond donors (Lipinski definition) is 1. The van der Waals surface area contributed by atoms with E-state index in [-0.39, 0.29) is 11.6 Å². The van der Waals surface area contributed by atoms with Gasteiger partial charge in [0.1, 0.15) is 18.5 Å². The second kappa shape index (κ2) is 5.77. The third-order valence-corrected chi connectivity index (χ3v) is 4.06. The number of rotatable bonds is 4. The fourth-order valence-corrected chi connectivity index (χ4v) is 2.88. The summed E-state index contributed by atoms with van der Waals surface area (Å²) in [6, 6.07) is 9.68. The summed E-state index contributed by atoms with van der Waals surface area (Å²) >= 11 is 0. The number of fused-ring (bicyclic) bond motifs is 1. The van der Waals surface area contributed by atoms with Gasteiger partial charge in [-0.1, -0.05) is 18.2 Å². The molecule has 4 aromatic rings. The third-order valence-electron chi connectivity index (χ3n) is 4.06. The molecular formula is C17H16N6O. The van der Waals surface area contributed by atoms with Gasteiger partial charge >= 0.3 is 0 Å². The summed E-state index contributed by atoms with van der Waals surface area (Å²) in [7, 11) is 0. The predicted octanol–water partition coefficient (Wildman–Crippen LogP) is 2.24. The van der Waals surface area contributed by atoms with Crippen molar-refractivity contribution in [2.24, 2.45) is 0 Å². The zero-order valence-electron chi connectivity index (χ0n) is 13.1. The first-order chi connectivity index (χ1) is 11.7. The van der Waals surface area contributed by atoms with Crippen molar-refractivity contribution in [3.05, 3.63) is 65.7 Å². The van der Waals surface area contributed by atoms with Crippen LogP contribution in [0, 0.1) is 0 Å². The molecule has 1 aromatic carbocycles. The van der Waals surface area contributed by atoms with Gasteiger partial charge in [0, 0.05) is 17.9 Å². The van der Waals surface area contributed by atoms with Gasteiger partial charge in [0.25, 0.3) is 5.56 Å². The highest BCUT2D eigenvalue weighted by atomic mass is 16.1. The van der Waals surface area contributed by atoms with Crippen molar-refractivity contribution in [1.29, 1.82) is 0 Å². The molecule has 7 nitrogen and oxygen atoms in total. The predicted molar refractivity (Wildman–Crippen MR) is 90.5 cm³/mol. The highest BCUT2D eigenvalue weighted by Gasteiger charge is 2.15. The number of nitrogens with zero attached hydrogens (tertiary/aromatic N) is 5. The Kier molecular flexibility index (Phi) is 3.45. The quantitative estimate of drug-likeness (QED) is 0.625. The number of nitrogens with one attached hydrogen (secondary N) is 1. The molecule has 3 aromatic heterocycles. The maximum absolute atomic E-state index is 12.5. The smallest absolute Gasteiger partial charge is 0.259 e. The van der Waals surface area contributed by atoms with Crippen LogP contribution in [0.5, 0.6) is 0 Å². The van der Waals surface area contributed by atoms with Crippen molar-refractivity contribution in [3.8, 4) is 11.4 Å². The van der Waals surface area contributed by atoms with Crippen molar-refractivity contribution in [1.82, 2.24) is 29.3 Å². The highest BCUT2D eigenvalue weighted by Crippen LogP contribution is 2.21. The fourth-order valence-electron chi connectivity index (χ4n) is 2.88. The molecule has 0 spiro atoms. The van der Waals surface area contributed by atoms with E-state index in [2.05, 4.69) is 27.0 Å². The summed E-state index contributed by atoms with van der Waals surface area (Å²) in [5, 5.41) is 5.11. The fraction of sp³-hybridized carbons (Fsp3) is 0.176. The van der Waals surface area contributed by atoms with Crippen LogP contribution in [0.25, 0.3) is 22.3 Å². The first-order valence-electron chi connectivity index (χ1n) is 7.70. The lowest BCUT2D eigenvalue weighted by Crippen LogP contribution is -2.17. The summed E-state index contributed by atoms with van der Waals surface area (Å²) in [5.74, 6) is 0.648. The van der Waals surface area contributed by atoms with E-state index < -0.39 is 0 Å². The van der Waals surface area contributed by atoms with Crippen LogP contribution in [0.1, 0.15) is 13.0 Å². The second-order valence-corrected chi connectivity index (χ2v) is 5.72. The van der Waals surface area contributed by atoms with Crippen LogP contribution in [0.2, 0.25) is 0 Å². The van der Waals surface area contributed by atoms with Gasteiger partial charge in [-0.2, -0.15) is 5.10 Å². The number of hydrogen-bond acceptors (Lipinski definition) is 4. The van der Waals surface area contributed by atoms with Gasteiger partial charge in [-0.3, -0.25) is 9.48 Å². The molecule has 0 bridgehead atoms. The van der Waals surface area contributed by atoms with Gasteiger partial charge in [-0.25, -0.2) is 9.97 Å². The topological polar surface area (TPSA) is 81.4 Å². The minimum Gasteiger partial charge on any atom is -0.326 e. The van der Waals surface area contributed by atoms with Crippen molar-refractivity contribution in [3.63, 3.8) is 0 Å². The molecule has 4 rings (SSSR count). The lowest BCUT2D eigenvalue weighted by molar-refractivity contribution is 0.439. The average molecular weight is 320 g/mol. The number of aromatic amines is 1. The van der Waals surface area contributed by atoms with Crippen molar-refractivity contribution >= 4 is 10.9 Å². The van der Waals surface area contributed by atoms with E-state index in [9.17, 15) is 4.79 Å². The Hall–Kier alpha value is -3.22. The Morgan fingerprint density at radius 1 is 1.29 bits per heavy atom. The van der Waals surface area contributed by atoms with Crippen molar-refractivity contribution in [2.45, 2.75) is 19.5 Å². The number of para-hydroxylation sites is 1. The van der Waals surface area contributed by atoms with Gasteiger partial charge in [-0.05, 0) is 24.4 Å². The van der Waals surface area contributed by atoms with E-state index in [1.807, 2.05) is 41.1 Å². The number of aromatic nitrogens is 6. The molecule has 24 heavy (non-hydrogen) atoms. The molecule has 0 amide bonds. The molecule has 1 atom stereocenters. The van der Waals surface area contributed by atoms with E-state index in [4.69, 9.17) is 0 Å². The molecule has 1 unspecified atom stereocenters. The largest absolute Gasteiger partial charge is 0.326 e. The van der Waals surface area contributed by atoms with Crippen LogP contribution in [-0.2, 0) is 6.54 Å². The highest BCUT2D eigenvalue weighted by molar-refractivity contribution is 5.82. The van der Waals surface area contributed by atoms with Crippen LogP contribution in [0.15, 0.2) is 60.2 Å². The number of pyridine rings is 1. The van der Waals surface area contributed by atoms with Crippen molar-refractivity contribution < 1.29 is 0 Å². The van der Waals surface area contributed by atoms with Gasteiger partial charge in [0.05, 0.1) is 18.2 Å². The van der Waals surface area contributed by atoms with Gasteiger partial charge in [0.15, 0.2) is 0 Å². The van der Waals surface area contributed by atoms with E-state index >= 15 is 0 Å². The lowest BCUT2D eigenvalue weighted by Gasteiger charge is -2.16. The summed E-state index contributed by atoms with van der Waals surface area (Å²) in [5.41, 5.74) is 1.23. The first-order valence-corrected chi connectivity index (χ1v) is 7.70. The maximum atomic E-state index is 12.5. The first kappa shape index (κ1) is 14.4. The van der Waals surface area contributed by atoms with Gasteiger partial charge in [-0.15, -0.1) is 0 Å². The molecule has 0 saturated carbocycles. The van der Waals surface area contributed by atoms with Crippen LogP contribution in [0.4, 0.5) is 0 Å². The molecule has 1 N–H and O–H groups in total. The van der Waals surface area contributed by atoms with E-state index in [0.717, 1.165) is 10.9 Å². The summed E-state index contributed by atoms with van der Waals surface area (Å²) in [6.07, 6.45) is 6.78. The Morgan fingerprint density at radius 2 is 2.17 bits per heavy atom. The Labute approximate surface area is 137 Å². The zero-order valence-corrected chi connectivity index (χ0v) is 13.1. The van der Waals surface area contributed by atoms with E-state index in [1.165, 1.54) is 6.33 Å². The van der Waals surface area contributed by atoms with Crippen LogP contribution < -0.4 is 5.56 Å². The molecule has 120 valence electrons. The van der Waals surface area contributed by atoms with E-state index in [0.29, 0.717) is 17.9 Å². The normalized spacial score (nSPS) is 12.5. The summed E-state index contributed by atoms with van der Waals surface area (Å²) in [6.45, 7) is 2.71. The van der Waals surface area contributed by atoms with Gasteiger partial charge in [0.2, 0.25) is 0 Å². The zero-order chi connectivity index (χ0) is 16.5. The number of H-pyrrole nitrogens is 1.